The van der Waals surface area contributed by atoms with Crippen molar-refractivity contribution in [1.82, 2.24) is 19.7 Å². The number of carbonyl (C=O) groups is 2. The molecule has 5 rings (SSSR count). The molecule has 1 aliphatic rings. The van der Waals surface area contributed by atoms with Crippen molar-refractivity contribution < 1.29 is 14.3 Å². The van der Waals surface area contributed by atoms with Crippen LogP contribution in [0.5, 0.6) is 0 Å². The minimum absolute atomic E-state index is 0.198. The van der Waals surface area contributed by atoms with Gasteiger partial charge in [0.2, 0.25) is 0 Å². The Bertz CT molecular complexity index is 1350. The van der Waals surface area contributed by atoms with Crippen LogP contribution in [0.3, 0.4) is 0 Å². The molecule has 1 saturated heterocycles. The van der Waals surface area contributed by atoms with Crippen LogP contribution in [0, 0.1) is 6.92 Å². The largest absolute Gasteiger partial charge is 0.451 e. The minimum atomic E-state index is -0.515. The van der Waals surface area contributed by atoms with E-state index in [0.29, 0.717) is 36.1 Å². The van der Waals surface area contributed by atoms with E-state index in [1.165, 1.54) is 11.3 Å². The van der Waals surface area contributed by atoms with Gasteiger partial charge in [0, 0.05) is 42.8 Å². The lowest BCUT2D eigenvalue weighted by molar-refractivity contribution is -0.134. The Kier molecular flexibility index (Phi) is 6.21. The molecule has 1 amide bonds. The smallest absolute Gasteiger partial charge is 0.348 e. The lowest BCUT2D eigenvalue weighted by atomic mass is 10.3. The Morgan fingerprint density at radius 2 is 1.91 bits per heavy atom. The molecule has 4 aromatic rings. The Hall–Kier alpha value is -3.43. The van der Waals surface area contributed by atoms with Crippen molar-refractivity contribution in [2.45, 2.75) is 6.92 Å². The molecule has 8 nitrogen and oxygen atoms in total. The van der Waals surface area contributed by atoms with Crippen molar-refractivity contribution in [2.24, 2.45) is 0 Å². The quantitative estimate of drug-likeness (QED) is 0.390. The van der Waals surface area contributed by atoms with Gasteiger partial charge in [-0.25, -0.2) is 14.5 Å². The number of piperazine rings is 1. The number of amides is 1. The van der Waals surface area contributed by atoms with Gasteiger partial charge < -0.3 is 14.5 Å². The summed E-state index contributed by atoms with van der Waals surface area (Å²) in [6.07, 6.45) is 1.76. The zero-order valence-corrected chi connectivity index (χ0v) is 20.1. The molecule has 0 aliphatic carbocycles. The summed E-state index contributed by atoms with van der Waals surface area (Å²) >= 11 is 7.41. The highest BCUT2D eigenvalue weighted by Crippen LogP contribution is 2.31. The molecule has 10 heteroatoms. The lowest BCUT2D eigenvalue weighted by Crippen LogP contribution is -2.50. The molecule has 34 heavy (non-hydrogen) atoms. The Labute approximate surface area is 205 Å². The van der Waals surface area contributed by atoms with Crippen molar-refractivity contribution in [3.05, 3.63) is 70.3 Å². The first-order valence-corrected chi connectivity index (χ1v) is 12.0. The Morgan fingerprint density at radius 1 is 1.09 bits per heavy atom. The molecule has 1 aliphatic heterocycles. The second-order valence-electron chi connectivity index (χ2n) is 7.94. The van der Waals surface area contributed by atoms with E-state index in [1.807, 2.05) is 43.3 Å². The number of thiophene rings is 1. The monoisotopic (exact) mass is 495 g/mol. The molecule has 1 fully saturated rings. The zero-order chi connectivity index (χ0) is 23.7. The van der Waals surface area contributed by atoms with E-state index < -0.39 is 5.97 Å². The summed E-state index contributed by atoms with van der Waals surface area (Å²) in [6.45, 7) is 4.10. The highest BCUT2D eigenvalue weighted by Gasteiger charge is 2.24. The molecule has 0 N–H and O–H groups in total. The number of carbonyl (C=O) groups excluding carboxylic acids is 2. The number of hydrogen-bond acceptors (Lipinski definition) is 7. The third kappa shape index (κ3) is 4.49. The van der Waals surface area contributed by atoms with Crippen molar-refractivity contribution in [3.63, 3.8) is 0 Å². The molecule has 3 aromatic heterocycles. The SMILES string of the molecule is Cc1nn(-c2cccc(Cl)c2)c2sc(C(=O)OCC(=O)N3CCN(c4ccccn4)CC3)cc12. The summed E-state index contributed by atoms with van der Waals surface area (Å²) in [5, 5.41) is 6.05. The van der Waals surface area contributed by atoms with Crippen LogP contribution in [-0.4, -0.2) is 64.3 Å². The van der Waals surface area contributed by atoms with Crippen LogP contribution in [0.4, 0.5) is 5.82 Å². The molecule has 174 valence electrons. The van der Waals surface area contributed by atoms with E-state index in [9.17, 15) is 9.59 Å². The molecule has 0 unspecified atom stereocenters. The minimum Gasteiger partial charge on any atom is -0.451 e. The van der Waals surface area contributed by atoms with Crippen LogP contribution in [-0.2, 0) is 9.53 Å². The first-order valence-electron chi connectivity index (χ1n) is 10.9. The van der Waals surface area contributed by atoms with Gasteiger partial charge in [0.1, 0.15) is 15.5 Å². The maximum atomic E-state index is 12.7. The molecule has 4 heterocycles. The van der Waals surface area contributed by atoms with Gasteiger partial charge in [-0.15, -0.1) is 11.3 Å². The van der Waals surface area contributed by atoms with Crippen LogP contribution >= 0.6 is 22.9 Å². The fourth-order valence-electron chi connectivity index (χ4n) is 3.95. The highest BCUT2D eigenvalue weighted by molar-refractivity contribution is 7.20. The maximum Gasteiger partial charge on any atom is 0.348 e. The predicted molar refractivity (Wildman–Crippen MR) is 132 cm³/mol. The fraction of sp³-hybridized carbons (Fsp3) is 0.250. The number of pyridine rings is 1. The van der Waals surface area contributed by atoms with Gasteiger partial charge in [-0.05, 0) is 43.3 Å². The van der Waals surface area contributed by atoms with Crippen LogP contribution in [0.15, 0.2) is 54.7 Å². The van der Waals surface area contributed by atoms with Crippen LogP contribution in [0.2, 0.25) is 5.02 Å². The van der Waals surface area contributed by atoms with Gasteiger partial charge in [-0.2, -0.15) is 5.10 Å². The summed E-state index contributed by atoms with van der Waals surface area (Å²) in [4.78, 5) is 34.8. The van der Waals surface area contributed by atoms with E-state index in [1.54, 1.807) is 27.9 Å². The Balaban J connectivity index is 1.21. The standard InChI is InChI=1S/C24H22ClN5O3S/c1-16-19-14-20(34-23(19)30(27-16)18-6-4-5-17(25)13-18)24(32)33-15-22(31)29-11-9-28(10-12-29)21-7-2-3-8-26-21/h2-8,13-14H,9-12,15H2,1H3. The average Bonchev–Trinajstić information content (AvgIpc) is 3.43. The van der Waals surface area contributed by atoms with Crippen molar-refractivity contribution in [2.75, 3.05) is 37.7 Å². The topological polar surface area (TPSA) is 80.6 Å². The number of rotatable bonds is 5. The van der Waals surface area contributed by atoms with Gasteiger partial charge >= 0.3 is 5.97 Å². The van der Waals surface area contributed by atoms with Gasteiger partial charge in [0.05, 0.1) is 11.4 Å². The summed E-state index contributed by atoms with van der Waals surface area (Å²) < 4.78 is 7.13. The summed E-state index contributed by atoms with van der Waals surface area (Å²) in [7, 11) is 0. The number of fused-ring (bicyclic) bond motifs is 1. The molecule has 0 atom stereocenters. The number of aryl methyl sites for hydroxylation is 1. The maximum absolute atomic E-state index is 12.7. The Morgan fingerprint density at radius 3 is 2.65 bits per heavy atom. The molecule has 0 saturated carbocycles. The van der Waals surface area contributed by atoms with Crippen LogP contribution in [0.1, 0.15) is 15.4 Å². The van der Waals surface area contributed by atoms with Crippen LogP contribution < -0.4 is 4.90 Å². The normalized spacial score (nSPS) is 13.9. The van der Waals surface area contributed by atoms with E-state index in [-0.39, 0.29) is 12.5 Å². The number of hydrogen-bond donors (Lipinski definition) is 0. The highest BCUT2D eigenvalue weighted by atomic mass is 35.5. The number of ether oxygens (including phenoxy) is 1. The van der Waals surface area contributed by atoms with Gasteiger partial charge in [0.25, 0.3) is 5.91 Å². The van der Waals surface area contributed by atoms with Crippen molar-refractivity contribution in [1.29, 1.82) is 0 Å². The second-order valence-corrected chi connectivity index (χ2v) is 9.41. The first-order chi connectivity index (χ1) is 16.5. The first kappa shape index (κ1) is 22.4. The van der Waals surface area contributed by atoms with Gasteiger partial charge in [-0.3, -0.25) is 4.79 Å². The molecule has 0 radical (unpaired) electrons. The van der Waals surface area contributed by atoms with Gasteiger partial charge in [-0.1, -0.05) is 23.7 Å². The average molecular weight is 496 g/mol. The zero-order valence-electron chi connectivity index (χ0n) is 18.5. The molecular weight excluding hydrogens is 474 g/mol. The number of esters is 1. The third-order valence-electron chi connectivity index (χ3n) is 5.73. The summed E-state index contributed by atoms with van der Waals surface area (Å²) in [6, 6.07) is 14.9. The summed E-state index contributed by atoms with van der Waals surface area (Å²) in [5.74, 6) is 0.188. The lowest BCUT2D eigenvalue weighted by Gasteiger charge is -2.35. The van der Waals surface area contributed by atoms with Crippen LogP contribution in [0.25, 0.3) is 15.9 Å². The third-order valence-corrected chi connectivity index (χ3v) is 7.06. The van der Waals surface area contributed by atoms with E-state index in [4.69, 9.17) is 16.3 Å². The molecule has 1 aromatic carbocycles. The van der Waals surface area contributed by atoms with Crippen molar-refractivity contribution >= 4 is 50.8 Å². The number of benzene rings is 1. The number of anilines is 1. The fourth-order valence-corrected chi connectivity index (χ4v) is 5.21. The van der Waals surface area contributed by atoms with Crippen molar-refractivity contribution in [3.8, 4) is 5.69 Å². The molecule has 0 spiro atoms. The predicted octanol–water partition coefficient (Wildman–Crippen LogP) is 3.95. The molecule has 0 bridgehead atoms. The molecular formula is C24H22ClN5O3S. The number of nitrogens with zero attached hydrogens (tertiary/aromatic N) is 5. The van der Waals surface area contributed by atoms with E-state index in [0.717, 1.165) is 27.4 Å². The number of halogens is 1. The van der Waals surface area contributed by atoms with Gasteiger partial charge in [0.15, 0.2) is 6.61 Å². The summed E-state index contributed by atoms with van der Waals surface area (Å²) in [5.41, 5.74) is 1.61. The van der Waals surface area contributed by atoms with E-state index >= 15 is 0 Å². The van der Waals surface area contributed by atoms with E-state index in [2.05, 4.69) is 15.0 Å². The number of aromatic nitrogens is 3. The second kappa shape index (κ2) is 9.44.